The molecule has 0 aliphatic heterocycles. The normalized spacial score (nSPS) is 20.8. The van der Waals surface area contributed by atoms with Crippen LogP contribution in [-0.4, -0.2) is 29.0 Å². The van der Waals surface area contributed by atoms with E-state index >= 15 is 0 Å². The summed E-state index contributed by atoms with van der Waals surface area (Å²) in [6.07, 6.45) is 6.29. The van der Waals surface area contributed by atoms with Crippen LogP contribution in [0.3, 0.4) is 0 Å². The number of hydrogen-bond donors (Lipinski definition) is 2. The van der Waals surface area contributed by atoms with Crippen molar-refractivity contribution in [2.75, 3.05) is 12.4 Å². The van der Waals surface area contributed by atoms with E-state index in [0.717, 1.165) is 12.8 Å². The fraction of sp³-hybridized carbons (Fsp3) is 0.688. The smallest absolute Gasteiger partial charge is 0.271 e. The average molecular weight is 290 g/mol. The molecule has 2 rings (SSSR count). The van der Waals surface area contributed by atoms with E-state index < -0.39 is 0 Å². The lowest BCUT2D eigenvalue weighted by molar-refractivity contribution is 0.0710. The van der Waals surface area contributed by atoms with Gasteiger partial charge in [0.25, 0.3) is 5.91 Å². The first-order chi connectivity index (χ1) is 9.71. The summed E-state index contributed by atoms with van der Waals surface area (Å²) in [7, 11) is 1.76. The van der Waals surface area contributed by atoms with Gasteiger partial charge >= 0.3 is 0 Å². The quantitative estimate of drug-likeness (QED) is 0.898. The first-order valence-electron chi connectivity index (χ1n) is 7.51. The Morgan fingerprint density at radius 3 is 2.38 bits per heavy atom. The first kappa shape index (κ1) is 15.7. The zero-order chi connectivity index (χ0) is 15.7. The minimum Gasteiger partial charge on any atom is -0.372 e. The molecule has 5 heteroatoms. The van der Waals surface area contributed by atoms with Crippen LogP contribution in [0.1, 0.15) is 57.4 Å². The predicted octanol–water partition coefficient (Wildman–Crippen LogP) is 2.85. The first-order valence-corrected chi connectivity index (χ1v) is 7.51. The van der Waals surface area contributed by atoms with Crippen molar-refractivity contribution in [2.24, 2.45) is 10.8 Å². The van der Waals surface area contributed by atoms with Crippen LogP contribution in [0.15, 0.2) is 12.4 Å². The molecule has 21 heavy (non-hydrogen) atoms. The molecule has 0 saturated heterocycles. The van der Waals surface area contributed by atoms with Crippen LogP contribution in [-0.2, 0) is 0 Å². The van der Waals surface area contributed by atoms with Gasteiger partial charge in [-0.2, -0.15) is 0 Å². The Hall–Kier alpha value is -1.65. The molecule has 1 amide bonds. The van der Waals surface area contributed by atoms with Gasteiger partial charge in [0.2, 0.25) is 0 Å². The van der Waals surface area contributed by atoms with Gasteiger partial charge in [0.1, 0.15) is 11.5 Å². The third kappa shape index (κ3) is 4.16. The van der Waals surface area contributed by atoms with E-state index in [2.05, 4.69) is 48.3 Å². The Morgan fingerprint density at radius 2 is 1.81 bits per heavy atom. The molecular formula is C16H26N4O. The van der Waals surface area contributed by atoms with Gasteiger partial charge in [0.05, 0.1) is 12.4 Å². The molecular weight excluding hydrogens is 264 g/mol. The molecule has 1 fully saturated rings. The summed E-state index contributed by atoms with van der Waals surface area (Å²) in [6, 6.07) is 0.191. The van der Waals surface area contributed by atoms with Crippen LogP contribution in [0.25, 0.3) is 0 Å². The third-order valence-electron chi connectivity index (χ3n) is 4.01. The highest BCUT2D eigenvalue weighted by atomic mass is 16.1. The minimum absolute atomic E-state index is 0.141. The lowest BCUT2D eigenvalue weighted by Gasteiger charge is -2.45. The summed E-state index contributed by atoms with van der Waals surface area (Å²) in [4.78, 5) is 20.6. The summed E-state index contributed by atoms with van der Waals surface area (Å²) in [6.45, 7) is 9.09. The maximum absolute atomic E-state index is 12.4. The molecule has 0 bridgehead atoms. The summed E-state index contributed by atoms with van der Waals surface area (Å²) in [5.41, 5.74) is 0.860. The molecule has 0 radical (unpaired) electrons. The van der Waals surface area contributed by atoms with Crippen molar-refractivity contribution in [2.45, 2.75) is 53.0 Å². The Kier molecular flexibility index (Phi) is 4.21. The van der Waals surface area contributed by atoms with Crippen LogP contribution in [0.5, 0.6) is 0 Å². The van der Waals surface area contributed by atoms with Crippen molar-refractivity contribution in [3.8, 4) is 0 Å². The SMILES string of the molecule is CNc1cncc(C(=O)NC2CC(C)(C)CC(C)(C)C2)n1. The lowest BCUT2D eigenvalue weighted by atomic mass is 9.63. The number of carbonyl (C=O) groups excluding carboxylic acids is 1. The van der Waals surface area contributed by atoms with Crippen molar-refractivity contribution in [3.63, 3.8) is 0 Å². The molecule has 1 aliphatic rings. The van der Waals surface area contributed by atoms with Crippen molar-refractivity contribution < 1.29 is 4.79 Å². The molecule has 1 heterocycles. The number of nitrogens with one attached hydrogen (secondary N) is 2. The molecule has 1 aliphatic carbocycles. The molecule has 2 N–H and O–H groups in total. The Labute approximate surface area is 127 Å². The summed E-state index contributed by atoms with van der Waals surface area (Å²) in [5.74, 6) is 0.463. The van der Waals surface area contributed by atoms with E-state index in [0.29, 0.717) is 11.5 Å². The van der Waals surface area contributed by atoms with Gasteiger partial charge in [0.15, 0.2) is 0 Å². The second kappa shape index (κ2) is 5.62. The predicted molar refractivity (Wildman–Crippen MR) is 84.2 cm³/mol. The van der Waals surface area contributed by atoms with Crippen molar-refractivity contribution in [1.82, 2.24) is 15.3 Å². The number of anilines is 1. The van der Waals surface area contributed by atoms with Crippen molar-refractivity contribution in [3.05, 3.63) is 18.1 Å². The van der Waals surface area contributed by atoms with Crippen LogP contribution in [0.4, 0.5) is 5.82 Å². The Balaban J connectivity index is 2.08. The molecule has 0 unspecified atom stereocenters. The van der Waals surface area contributed by atoms with E-state index in [1.54, 1.807) is 13.2 Å². The Morgan fingerprint density at radius 1 is 1.19 bits per heavy atom. The molecule has 0 atom stereocenters. The lowest BCUT2D eigenvalue weighted by Crippen LogP contribution is -2.46. The van der Waals surface area contributed by atoms with Crippen molar-refractivity contribution >= 4 is 11.7 Å². The molecule has 116 valence electrons. The summed E-state index contributed by atoms with van der Waals surface area (Å²) < 4.78 is 0. The van der Waals surface area contributed by atoms with Crippen LogP contribution >= 0.6 is 0 Å². The topological polar surface area (TPSA) is 66.9 Å². The van der Waals surface area contributed by atoms with E-state index in [4.69, 9.17) is 0 Å². The number of carbonyl (C=O) groups is 1. The van der Waals surface area contributed by atoms with E-state index in [9.17, 15) is 4.79 Å². The van der Waals surface area contributed by atoms with E-state index in [-0.39, 0.29) is 22.8 Å². The van der Waals surface area contributed by atoms with E-state index in [1.165, 1.54) is 12.6 Å². The van der Waals surface area contributed by atoms with Gasteiger partial charge in [-0.3, -0.25) is 9.78 Å². The largest absolute Gasteiger partial charge is 0.372 e. The van der Waals surface area contributed by atoms with Crippen LogP contribution in [0, 0.1) is 10.8 Å². The molecule has 0 spiro atoms. The zero-order valence-corrected chi connectivity index (χ0v) is 13.7. The standard InChI is InChI=1S/C16H26N4O/c1-15(2)6-11(7-16(3,4)10-15)19-14(21)12-8-18-9-13(17-5)20-12/h8-9,11H,6-7,10H2,1-5H3,(H,17,20)(H,19,21). The fourth-order valence-corrected chi connectivity index (χ4v) is 3.80. The second-order valence-corrected chi connectivity index (χ2v) is 7.62. The van der Waals surface area contributed by atoms with Gasteiger partial charge in [-0.05, 0) is 30.1 Å². The van der Waals surface area contributed by atoms with Gasteiger partial charge in [-0.25, -0.2) is 4.98 Å². The number of aromatic nitrogens is 2. The van der Waals surface area contributed by atoms with Gasteiger partial charge < -0.3 is 10.6 Å². The van der Waals surface area contributed by atoms with Crippen LogP contribution < -0.4 is 10.6 Å². The molecule has 5 nitrogen and oxygen atoms in total. The third-order valence-corrected chi connectivity index (χ3v) is 4.01. The zero-order valence-electron chi connectivity index (χ0n) is 13.7. The van der Waals surface area contributed by atoms with Crippen LogP contribution in [0.2, 0.25) is 0 Å². The highest BCUT2D eigenvalue weighted by Gasteiger charge is 2.39. The Bertz CT molecular complexity index is 509. The summed E-state index contributed by atoms with van der Waals surface area (Å²) >= 11 is 0. The number of amides is 1. The fourth-order valence-electron chi connectivity index (χ4n) is 3.80. The highest BCUT2D eigenvalue weighted by molar-refractivity contribution is 5.92. The number of hydrogen-bond acceptors (Lipinski definition) is 4. The van der Waals surface area contributed by atoms with E-state index in [1.807, 2.05) is 0 Å². The molecule has 1 saturated carbocycles. The summed E-state index contributed by atoms with van der Waals surface area (Å²) in [5, 5.41) is 6.03. The molecule has 0 aromatic carbocycles. The number of rotatable bonds is 3. The maximum Gasteiger partial charge on any atom is 0.271 e. The van der Waals surface area contributed by atoms with Gasteiger partial charge in [-0.1, -0.05) is 27.7 Å². The molecule has 1 aromatic rings. The highest BCUT2D eigenvalue weighted by Crippen LogP contribution is 2.45. The average Bonchev–Trinajstić information content (AvgIpc) is 2.35. The van der Waals surface area contributed by atoms with Gasteiger partial charge in [-0.15, -0.1) is 0 Å². The molecule has 1 aromatic heterocycles. The van der Waals surface area contributed by atoms with Crippen molar-refractivity contribution in [1.29, 1.82) is 0 Å². The maximum atomic E-state index is 12.4. The monoisotopic (exact) mass is 290 g/mol. The van der Waals surface area contributed by atoms with Gasteiger partial charge in [0, 0.05) is 13.1 Å². The second-order valence-electron chi connectivity index (χ2n) is 7.62. The number of nitrogens with zero attached hydrogens (tertiary/aromatic N) is 2. The minimum atomic E-state index is -0.141.